The zero-order valence-electron chi connectivity index (χ0n) is 7.54. The van der Waals surface area contributed by atoms with E-state index in [-0.39, 0.29) is 12.8 Å². The Balaban J connectivity index is 2.74. The average molecular weight is 218 g/mol. The second-order valence-electron chi connectivity index (χ2n) is 2.88. The van der Waals surface area contributed by atoms with Gasteiger partial charge in [0, 0.05) is 12.6 Å². The number of aromatic nitrogens is 2. The summed E-state index contributed by atoms with van der Waals surface area (Å²) in [5, 5.41) is 12.0. The van der Waals surface area contributed by atoms with Crippen molar-refractivity contribution < 1.29 is 18.3 Å². The molecule has 0 saturated heterocycles. The summed E-state index contributed by atoms with van der Waals surface area (Å²) in [5.74, 6) is -0.919. The lowest BCUT2D eigenvalue weighted by molar-refractivity contribution is -0.136. The fourth-order valence-corrected chi connectivity index (χ4v) is 1.45. The van der Waals surface area contributed by atoms with E-state index < -0.39 is 16.0 Å². The highest BCUT2D eigenvalue weighted by molar-refractivity contribution is 7.89. The molecule has 0 saturated carbocycles. The van der Waals surface area contributed by atoms with Gasteiger partial charge in [0.1, 0.15) is 0 Å². The number of carboxylic acids is 1. The number of carbonyl (C=O) groups is 1. The summed E-state index contributed by atoms with van der Waals surface area (Å²) >= 11 is 0. The van der Waals surface area contributed by atoms with Crippen molar-refractivity contribution in [3.8, 4) is 0 Å². The van der Waals surface area contributed by atoms with E-state index in [1.54, 1.807) is 0 Å². The standard InChI is InChI=1S/C7H10N2O4S/c1-14(12,13)9-5-6(4-8-9)2-3-7(10)11/h4-5H,2-3H2,1H3,(H,10,11). The Bertz CT molecular complexity index is 434. The fourth-order valence-electron chi connectivity index (χ4n) is 0.901. The van der Waals surface area contributed by atoms with Crippen LogP contribution >= 0.6 is 0 Å². The largest absolute Gasteiger partial charge is 0.481 e. The summed E-state index contributed by atoms with van der Waals surface area (Å²) in [6.07, 6.45) is 3.95. The molecule has 0 bridgehead atoms. The monoisotopic (exact) mass is 218 g/mol. The van der Waals surface area contributed by atoms with Crippen LogP contribution in [0, 0.1) is 0 Å². The Kier molecular flexibility index (Phi) is 2.90. The van der Waals surface area contributed by atoms with Crippen LogP contribution in [0.15, 0.2) is 12.4 Å². The molecule has 0 amide bonds. The van der Waals surface area contributed by atoms with Crippen molar-refractivity contribution in [2.75, 3.05) is 6.26 Å². The maximum Gasteiger partial charge on any atom is 0.303 e. The number of aliphatic carboxylic acids is 1. The zero-order valence-corrected chi connectivity index (χ0v) is 8.36. The Morgan fingerprint density at radius 3 is 2.71 bits per heavy atom. The number of hydrogen-bond acceptors (Lipinski definition) is 4. The van der Waals surface area contributed by atoms with Crippen LogP contribution in [0.5, 0.6) is 0 Å². The van der Waals surface area contributed by atoms with E-state index in [0.29, 0.717) is 5.56 Å². The number of hydrogen-bond donors (Lipinski definition) is 1. The second kappa shape index (κ2) is 3.79. The third-order valence-corrected chi connectivity index (χ3v) is 2.46. The summed E-state index contributed by atoms with van der Waals surface area (Å²) in [6.45, 7) is 0. The van der Waals surface area contributed by atoms with E-state index in [1.165, 1.54) is 12.4 Å². The van der Waals surface area contributed by atoms with Gasteiger partial charge >= 0.3 is 5.97 Å². The van der Waals surface area contributed by atoms with E-state index in [1.807, 2.05) is 0 Å². The maximum absolute atomic E-state index is 11.0. The molecule has 7 heteroatoms. The lowest BCUT2D eigenvalue weighted by Gasteiger charge is -1.94. The first kappa shape index (κ1) is 10.7. The second-order valence-corrected chi connectivity index (χ2v) is 4.72. The summed E-state index contributed by atoms with van der Waals surface area (Å²) in [4.78, 5) is 10.2. The van der Waals surface area contributed by atoms with Crippen molar-refractivity contribution in [1.29, 1.82) is 0 Å². The van der Waals surface area contributed by atoms with E-state index >= 15 is 0 Å². The molecule has 78 valence electrons. The van der Waals surface area contributed by atoms with Gasteiger partial charge in [-0.3, -0.25) is 4.79 Å². The first-order valence-corrected chi connectivity index (χ1v) is 5.70. The van der Waals surface area contributed by atoms with E-state index in [4.69, 9.17) is 5.11 Å². The minimum Gasteiger partial charge on any atom is -0.481 e. The molecule has 0 radical (unpaired) electrons. The van der Waals surface area contributed by atoms with Crippen LogP contribution in [0.2, 0.25) is 0 Å². The van der Waals surface area contributed by atoms with Crippen LogP contribution in [0.1, 0.15) is 12.0 Å². The van der Waals surface area contributed by atoms with Crippen molar-refractivity contribution >= 4 is 16.0 Å². The molecule has 0 fully saturated rings. The Labute approximate surface area is 81.2 Å². The Morgan fingerprint density at radius 1 is 1.64 bits per heavy atom. The number of aryl methyl sites for hydroxylation is 1. The molecule has 1 N–H and O–H groups in total. The molecule has 0 aliphatic carbocycles. The average Bonchev–Trinajstić information content (AvgIpc) is 2.47. The Morgan fingerprint density at radius 2 is 2.29 bits per heavy atom. The van der Waals surface area contributed by atoms with Crippen LogP contribution in [-0.2, 0) is 21.2 Å². The first-order valence-electron chi connectivity index (χ1n) is 3.85. The van der Waals surface area contributed by atoms with Gasteiger partial charge in [-0.1, -0.05) is 0 Å². The predicted octanol–water partition coefficient (Wildman–Crippen LogP) is -0.292. The molecule has 1 rings (SSSR count). The van der Waals surface area contributed by atoms with Gasteiger partial charge in [-0.2, -0.15) is 9.19 Å². The molecule has 1 aromatic rings. The highest BCUT2D eigenvalue weighted by atomic mass is 32.2. The topological polar surface area (TPSA) is 89.3 Å². The van der Waals surface area contributed by atoms with Gasteiger partial charge in [0.25, 0.3) is 10.0 Å². The first-order chi connectivity index (χ1) is 6.39. The zero-order chi connectivity index (χ0) is 10.8. The lowest BCUT2D eigenvalue weighted by Crippen LogP contribution is -2.09. The molecular formula is C7H10N2O4S. The van der Waals surface area contributed by atoms with Crippen LogP contribution < -0.4 is 0 Å². The van der Waals surface area contributed by atoms with Crippen molar-refractivity contribution in [3.05, 3.63) is 18.0 Å². The molecule has 1 heterocycles. The molecule has 0 unspecified atom stereocenters. The quantitative estimate of drug-likeness (QED) is 0.750. The SMILES string of the molecule is CS(=O)(=O)n1cc(CCC(=O)O)cn1. The maximum atomic E-state index is 11.0. The van der Waals surface area contributed by atoms with Gasteiger partial charge in [-0.05, 0) is 12.0 Å². The number of rotatable bonds is 4. The third-order valence-electron chi connectivity index (χ3n) is 1.58. The summed E-state index contributed by atoms with van der Waals surface area (Å²) < 4.78 is 22.8. The molecule has 14 heavy (non-hydrogen) atoms. The van der Waals surface area contributed by atoms with Crippen LogP contribution in [0.25, 0.3) is 0 Å². The van der Waals surface area contributed by atoms with E-state index in [9.17, 15) is 13.2 Å². The van der Waals surface area contributed by atoms with E-state index in [2.05, 4.69) is 5.10 Å². The molecule has 0 aliphatic heterocycles. The van der Waals surface area contributed by atoms with Gasteiger partial charge < -0.3 is 5.11 Å². The number of nitrogens with zero attached hydrogens (tertiary/aromatic N) is 2. The minimum absolute atomic E-state index is 0.0323. The van der Waals surface area contributed by atoms with Crippen molar-refractivity contribution in [2.24, 2.45) is 0 Å². The van der Waals surface area contributed by atoms with Gasteiger partial charge in [-0.15, -0.1) is 0 Å². The summed E-state index contributed by atoms with van der Waals surface area (Å²) in [5.41, 5.74) is 0.595. The minimum atomic E-state index is -3.36. The van der Waals surface area contributed by atoms with Crippen LogP contribution in [-0.4, -0.2) is 34.9 Å². The predicted molar refractivity (Wildman–Crippen MR) is 48.4 cm³/mol. The summed E-state index contributed by atoms with van der Waals surface area (Å²) in [7, 11) is -3.36. The summed E-state index contributed by atoms with van der Waals surface area (Å²) in [6, 6.07) is 0. The molecule has 6 nitrogen and oxygen atoms in total. The molecule has 0 aromatic carbocycles. The molecule has 0 spiro atoms. The van der Waals surface area contributed by atoms with Gasteiger partial charge in [-0.25, -0.2) is 8.42 Å². The smallest absolute Gasteiger partial charge is 0.303 e. The van der Waals surface area contributed by atoms with Crippen molar-refractivity contribution in [3.63, 3.8) is 0 Å². The van der Waals surface area contributed by atoms with E-state index in [0.717, 1.165) is 10.3 Å². The van der Waals surface area contributed by atoms with Crippen molar-refractivity contribution in [1.82, 2.24) is 9.19 Å². The van der Waals surface area contributed by atoms with Gasteiger partial charge in [0.05, 0.1) is 12.5 Å². The molecule has 1 aromatic heterocycles. The van der Waals surface area contributed by atoms with Crippen molar-refractivity contribution in [2.45, 2.75) is 12.8 Å². The normalized spacial score (nSPS) is 11.5. The van der Waals surface area contributed by atoms with Crippen LogP contribution in [0.4, 0.5) is 0 Å². The van der Waals surface area contributed by atoms with Crippen LogP contribution in [0.3, 0.4) is 0 Å². The van der Waals surface area contributed by atoms with Gasteiger partial charge in [0.2, 0.25) is 0 Å². The third kappa shape index (κ3) is 2.84. The number of carboxylic acid groups (broad SMARTS) is 1. The van der Waals surface area contributed by atoms with Gasteiger partial charge in [0.15, 0.2) is 0 Å². The molecule has 0 atom stereocenters. The molecule has 0 aliphatic rings. The molecular weight excluding hydrogens is 208 g/mol. The highest BCUT2D eigenvalue weighted by Crippen LogP contribution is 2.03. The Hall–Kier alpha value is -1.37. The highest BCUT2D eigenvalue weighted by Gasteiger charge is 2.08. The lowest BCUT2D eigenvalue weighted by atomic mass is 10.2. The fraction of sp³-hybridized carbons (Fsp3) is 0.429.